The number of likely N-dealkylation sites (N-methyl/N-ethyl adjacent to an activating group) is 1. The van der Waals surface area contributed by atoms with Gasteiger partial charge in [0.2, 0.25) is 5.91 Å². The molecular weight excluding hydrogens is 964 g/mol. The van der Waals surface area contributed by atoms with Gasteiger partial charge in [0.05, 0.1) is 33.8 Å². The van der Waals surface area contributed by atoms with E-state index in [0.29, 0.717) is 17.4 Å². The average molecular weight is 1090 g/mol. The van der Waals surface area contributed by atoms with Crippen molar-refractivity contribution in [1.82, 2.24) is 5.32 Å². The van der Waals surface area contributed by atoms with Gasteiger partial charge in [-0.15, -0.1) is 0 Å². The van der Waals surface area contributed by atoms with Gasteiger partial charge in [0.1, 0.15) is 19.3 Å². The molecule has 0 aromatic carbocycles. The molecule has 0 aromatic rings. The van der Waals surface area contributed by atoms with Gasteiger partial charge in [-0.05, 0) is 96.0 Å². The predicted molar refractivity (Wildman–Crippen MR) is 325 cm³/mol. The zero-order chi connectivity index (χ0) is 55.7. The number of esters is 1. The molecule has 3 atom stereocenters. The van der Waals surface area contributed by atoms with E-state index in [1.54, 1.807) is 0 Å². The molecule has 0 aromatic heterocycles. The predicted octanol–water partition coefficient (Wildman–Crippen LogP) is 19.2. The Labute approximate surface area is 471 Å². The Morgan fingerprint density at radius 1 is 0.461 bits per heavy atom. The zero-order valence-corrected chi connectivity index (χ0v) is 51.6. The van der Waals surface area contributed by atoms with E-state index in [2.05, 4.69) is 74.7 Å². The Morgan fingerprint density at radius 3 is 1.25 bits per heavy atom. The van der Waals surface area contributed by atoms with Crippen molar-refractivity contribution in [2.45, 2.75) is 309 Å². The molecule has 0 fully saturated rings. The first-order valence-corrected chi connectivity index (χ1v) is 33.6. The summed E-state index contributed by atoms with van der Waals surface area (Å²) < 4.78 is 30.3. The average Bonchev–Trinajstić information content (AvgIpc) is 3.38. The van der Waals surface area contributed by atoms with Gasteiger partial charge < -0.3 is 28.5 Å². The van der Waals surface area contributed by atoms with Crippen molar-refractivity contribution in [2.75, 3.05) is 40.9 Å². The summed E-state index contributed by atoms with van der Waals surface area (Å²) >= 11 is 0. The van der Waals surface area contributed by atoms with Gasteiger partial charge in [0.15, 0.2) is 0 Å². The topological polar surface area (TPSA) is 114 Å². The summed E-state index contributed by atoms with van der Waals surface area (Å²) in [5.74, 6) is -0.544. The van der Waals surface area contributed by atoms with Crippen molar-refractivity contribution in [1.29, 1.82) is 0 Å². The Morgan fingerprint density at radius 2 is 0.803 bits per heavy atom. The molecular formula is C66H123N2O7P. The molecule has 0 aliphatic heterocycles. The Balaban J connectivity index is 5.17. The highest BCUT2D eigenvalue weighted by molar-refractivity contribution is 7.45. The van der Waals surface area contributed by atoms with Crippen molar-refractivity contribution >= 4 is 19.7 Å². The molecule has 444 valence electrons. The number of carbonyl (C=O) groups is 2. The number of hydrogen-bond donors (Lipinski definition) is 1. The standard InChI is InChI=1S/C66H123N2O7P/c1-7-10-13-16-19-22-25-28-30-31-32-33-34-35-36-37-39-40-43-46-49-52-55-58-65(69)67-63(62-74-76(71,72)73-61-60-68(4,5)6)64(57-54-51-48-45-42-27-24-21-18-15-12-9-3)75-66(70)59-56-53-50-47-44-41-38-29-26-23-20-17-14-11-8-2/h19,22-23,26,28,30,32-33,54,57,63-64H,7-18,20-21,24-25,27,29,31,34-53,55-56,58-62H2,1-6H3,(H-,67,69,71,72)/b22-19-,26-23-,30-28-,33-32-,57-54-. The number of allylic oxidation sites excluding steroid dienone is 9. The summed E-state index contributed by atoms with van der Waals surface area (Å²) in [5.41, 5.74) is 0. The maximum absolute atomic E-state index is 13.5. The molecule has 9 nitrogen and oxygen atoms in total. The number of unbranched alkanes of at least 4 members (excludes halogenated alkanes) is 34. The van der Waals surface area contributed by atoms with Crippen molar-refractivity contribution in [2.24, 2.45) is 0 Å². The van der Waals surface area contributed by atoms with E-state index in [1.165, 1.54) is 167 Å². The molecule has 0 spiro atoms. The fourth-order valence-corrected chi connectivity index (χ4v) is 9.89. The van der Waals surface area contributed by atoms with Crippen LogP contribution in [0.25, 0.3) is 0 Å². The molecule has 0 saturated heterocycles. The third-order valence-corrected chi connectivity index (χ3v) is 15.1. The van der Waals surface area contributed by atoms with Gasteiger partial charge >= 0.3 is 5.97 Å². The summed E-state index contributed by atoms with van der Waals surface area (Å²) in [7, 11) is 1.18. The highest BCUT2D eigenvalue weighted by atomic mass is 31.2. The van der Waals surface area contributed by atoms with E-state index in [9.17, 15) is 19.0 Å². The first-order chi connectivity index (χ1) is 36.9. The number of phosphoric acid groups is 1. The second kappa shape index (κ2) is 56.0. The molecule has 0 aliphatic rings. The van der Waals surface area contributed by atoms with Gasteiger partial charge in [-0.25, -0.2) is 0 Å². The second-order valence-electron chi connectivity index (χ2n) is 22.9. The van der Waals surface area contributed by atoms with E-state index < -0.39 is 26.6 Å². The minimum atomic E-state index is -4.70. The van der Waals surface area contributed by atoms with Crippen LogP contribution in [-0.4, -0.2) is 69.4 Å². The normalized spacial score (nSPS) is 14.0. The molecule has 76 heavy (non-hydrogen) atoms. The maximum atomic E-state index is 13.5. The smallest absolute Gasteiger partial charge is 0.306 e. The second-order valence-corrected chi connectivity index (χ2v) is 24.3. The number of ether oxygens (including phenoxy) is 1. The molecule has 1 amide bonds. The molecule has 1 N–H and O–H groups in total. The van der Waals surface area contributed by atoms with Crippen LogP contribution in [0, 0.1) is 0 Å². The van der Waals surface area contributed by atoms with Crippen molar-refractivity contribution in [3.63, 3.8) is 0 Å². The van der Waals surface area contributed by atoms with E-state index in [1.807, 2.05) is 33.3 Å². The van der Waals surface area contributed by atoms with Crippen LogP contribution in [-0.2, 0) is 27.9 Å². The van der Waals surface area contributed by atoms with Crippen LogP contribution in [0.4, 0.5) is 0 Å². The Bertz CT molecular complexity index is 1490. The largest absolute Gasteiger partial charge is 0.756 e. The van der Waals surface area contributed by atoms with Crippen LogP contribution in [0.2, 0.25) is 0 Å². The minimum Gasteiger partial charge on any atom is -0.756 e. The van der Waals surface area contributed by atoms with Gasteiger partial charge in [-0.1, -0.05) is 249 Å². The van der Waals surface area contributed by atoms with E-state index in [0.717, 1.165) is 96.3 Å². The van der Waals surface area contributed by atoms with Crippen molar-refractivity contribution in [3.8, 4) is 0 Å². The third-order valence-electron chi connectivity index (χ3n) is 14.2. The van der Waals surface area contributed by atoms with Crippen LogP contribution < -0.4 is 10.2 Å². The fourth-order valence-electron chi connectivity index (χ4n) is 9.17. The third kappa shape index (κ3) is 56.4. The highest BCUT2D eigenvalue weighted by Crippen LogP contribution is 2.38. The number of hydrogen-bond acceptors (Lipinski definition) is 7. The number of nitrogens with zero attached hydrogens (tertiary/aromatic N) is 1. The summed E-state index contributed by atoms with van der Waals surface area (Å²) in [6, 6.07) is -0.892. The monoisotopic (exact) mass is 1090 g/mol. The number of quaternary nitrogens is 1. The first kappa shape index (κ1) is 73.7. The van der Waals surface area contributed by atoms with Crippen LogP contribution in [0.3, 0.4) is 0 Å². The van der Waals surface area contributed by atoms with Crippen LogP contribution >= 0.6 is 7.82 Å². The Kier molecular flexibility index (Phi) is 54.3. The van der Waals surface area contributed by atoms with E-state index >= 15 is 0 Å². The van der Waals surface area contributed by atoms with E-state index in [4.69, 9.17) is 13.8 Å². The molecule has 3 unspecified atom stereocenters. The van der Waals surface area contributed by atoms with Crippen LogP contribution in [0.15, 0.2) is 60.8 Å². The van der Waals surface area contributed by atoms with Gasteiger partial charge in [-0.2, -0.15) is 0 Å². The van der Waals surface area contributed by atoms with Gasteiger partial charge in [-0.3, -0.25) is 14.2 Å². The molecule has 0 aliphatic carbocycles. The van der Waals surface area contributed by atoms with Crippen LogP contribution in [0.1, 0.15) is 297 Å². The number of nitrogens with one attached hydrogen (secondary N) is 1. The summed E-state index contributed by atoms with van der Waals surface area (Å²) in [6.07, 6.45) is 70.4. The quantitative estimate of drug-likeness (QED) is 0.0212. The summed E-state index contributed by atoms with van der Waals surface area (Å²) in [4.78, 5) is 40.0. The number of phosphoric ester groups is 1. The highest BCUT2D eigenvalue weighted by Gasteiger charge is 2.27. The van der Waals surface area contributed by atoms with Gasteiger partial charge in [0, 0.05) is 12.8 Å². The van der Waals surface area contributed by atoms with Crippen LogP contribution in [0.5, 0.6) is 0 Å². The van der Waals surface area contributed by atoms with Crippen molar-refractivity contribution in [3.05, 3.63) is 60.8 Å². The molecule has 0 radical (unpaired) electrons. The fraction of sp³-hybridized carbons (Fsp3) is 0.818. The maximum Gasteiger partial charge on any atom is 0.306 e. The lowest BCUT2D eigenvalue weighted by Gasteiger charge is -2.30. The number of rotatable bonds is 58. The molecule has 0 saturated carbocycles. The minimum absolute atomic E-state index is 0.0244. The SMILES string of the molecule is CCCCC/C=C\C/C=C\C/C=C\CCCCCCCCCCCCC(=O)NC(COP(=O)([O-])OCC[N+](C)(C)C)C(/C=C\CCCCCCCCCCCC)OC(=O)CCCCCCCCC/C=C\CCCCCC. The molecule has 0 bridgehead atoms. The summed E-state index contributed by atoms with van der Waals surface area (Å²) in [5, 5.41) is 3.03. The van der Waals surface area contributed by atoms with Gasteiger partial charge in [0.25, 0.3) is 7.82 Å². The number of carbonyl (C=O) groups excluding carboxylic acids is 2. The lowest BCUT2D eigenvalue weighted by molar-refractivity contribution is -0.870. The Hall–Kier alpha value is -2.29. The lowest BCUT2D eigenvalue weighted by atomic mass is 10.0. The molecule has 0 heterocycles. The van der Waals surface area contributed by atoms with Crippen molar-refractivity contribution < 1.29 is 37.3 Å². The molecule has 0 rings (SSSR count). The lowest BCUT2D eigenvalue weighted by Crippen LogP contribution is -2.47. The van der Waals surface area contributed by atoms with E-state index in [-0.39, 0.29) is 24.9 Å². The number of amides is 1. The first-order valence-electron chi connectivity index (χ1n) is 32.1. The molecule has 10 heteroatoms. The zero-order valence-electron chi connectivity index (χ0n) is 50.7. The summed E-state index contributed by atoms with van der Waals surface area (Å²) in [6.45, 7) is 6.82.